The summed E-state index contributed by atoms with van der Waals surface area (Å²) < 4.78 is 14.2. The van der Waals surface area contributed by atoms with Gasteiger partial charge in [0.1, 0.15) is 16.9 Å². The van der Waals surface area contributed by atoms with Gasteiger partial charge >= 0.3 is 0 Å². The van der Waals surface area contributed by atoms with E-state index in [1.54, 1.807) is 12.1 Å². The Balaban J connectivity index is 1.93. The smallest absolute Gasteiger partial charge is 0.282 e. The summed E-state index contributed by atoms with van der Waals surface area (Å²) in [5, 5.41) is 13.6. The third kappa shape index (κ3) is 2.51. The highest BCUT2D eigenvalue weighted by molar-refractivity contribution is 7.22. The second-order valence-corrected chi connectivity index (χ2v) is 5.36. The van der Waals surface area contributed by atoms with Crippen molar-refractivity contribution >= 4 is 38.3 Å². The van der Waals surface area contributed by atoms with Gasteiger partial charge in [-0.05, 0) is 18.2 Å². The maximum Gasteiger partial charge on any atom is 0.282 e. The predicted molar refractivity (Wildman–Crippen MR) is 80.6 cm³/mol. The number of aromatic nitrogens is 1. The molecule has 0 saturated carbocycles. The van der Waals surface area contributed by atoms with Gasteiger partial charge in [0, 0.05) is 6.07 Å². The lowest BCUT2D eigenvalue weighted by molar-refractivity contribution is -0.385. The summed E-state index contributed by atoms with van der Waals surface area (Å²) in [6, 6.07) is 10.1. The standard InChI is InChI=1S/C14H8FN3O3S/c15-9-5-3-7-11-12(9)16-14(22-11)17-13(19)8-4-1-2-6-10(8)18(20)21/h1-7H,(H,16,17,19). The molecule has 0 aliphatic carbocycles. The molecule has 2 aromatic carbocycles. The van der Waals surface area contributed by atoms with Crippen molar-refractivity contribution < 1.29 is 14.1 Å². The molecule has 0 atom stereocenters. The topological polar surface area (TPSA) is 85.1 Å². The van der Waals surface area contributed by atoms with E-state index in [9.17, 15) is 19.3 Å². The fraction of sp³-hybridized carbons (Fsp3) is 0. The van der Waals surface area contributed by atoms with E-state index in [4.69, 9.17) is 0 Å². The number of halogens is 1. The molecule has 110 valence electrons. The normalized spacial score (nSPS) is 10.6. The number of nitro benzene ring substituents is 1. The number of hydrogen-bond donors (Lipinski definition) is 1. The van der Waals surface area contributed by atoms with E-state index >= 15 is 0 Å². The molecule has 0 spiro atoms. The van der Waals surface area contributed by atoms with E-state index in [0.29, 0.717) is 4.70 Å². The van der Waals surface area contributed by atoms with E-state index < -0.39 is 16.6 Å². The van der Waals surface area contributed by atoms with Gasteiger partial charge in [0.2, 0.25) is 0 Å². The molecule has 0 fully saturated rings. The number of anilines is 1. The van der Waals surface area contributed by atoms with Crippen molar-refractivity contribution in [2.45, 2.75) is 0 Å². The van der Waals surface area contributed by atoms with Crippen LogP contribution in [0.3, 0.4) is 0 Å². The molecule has 3 rings (SSSR count). The molecule has 1 N–H and O–H groups in total. The Labute approximate surface area is 127 Å². The number of benzene rings is 2. The monoisotopic (exact) mass is 317 g/mol. The molecule has 1 heterocycles. The number of rotatable bonds is 3. The van der Waals surface area contributed by atoms with Crippen molar-refractivity contribution in [2.75, 3.05) is 5.32 Å². The molecule has 0 saturated heterocycles. The van der Waals surface area contributed by atoms with Crippen molar-refractivity contribution in [3.05, 3.63) is 64.0 Å². The fourth-order valence-electron chi connectivity index (χ4n) is 1.96. The number of thiazole rings is 1. The maximum atomic E-state index is 13.6. The highest BCUT2D eigenvalue weighted by Crippen LogP contribution is 2.28. The number of carbonyl (C=O) groups excluding carboxylic acids is 1. The molecule has 0 aliphatic rings. The lowest BCUT2D eigenvalue weighted by Crippen LogP contribution is -2.13. The van der Waals surface area contributed by atoms with Crippen LogP contribution in [0.2, 0.25) is 0 Å². The second-order valence-electron chi connectivity index (χ2n) is 4.33. The van der Waals surface area contributed by atoms with Crippen LogP contribution in [0.15, 0.2) is 42.5 Å². The molecule has 0 aliphatic heterocycles. The minimum absolute atomic E-state index is 0.0766. The maximum absolute atomic E-state index is 13.6. The van der Waals surface area contributed by atoms with E-state index in [-0.39, 0.29) is 21.9 Å². The summed E-state index contributed by atoms with van der Waals surface area (Å²) in [4.78, 5) is 26.4. The predicted octanol–water partition coefficient (Wildman–Crippen LogP) is 3.60. The zero-order valence-corrected chi connectivity index (χ0v) is 11.8. The van der Waals surface area contributed by atoms with E-state index in [1.807, 2.05) is 0 Å². The molecule has 22 heavy (non-hydrogen) atoms. The van der Waals surface area contributed by atoms with Crippen LogP contribution >= 0.6 is 11.3 Å². The number of nitro groups is 1. The summed E-state index contributed by atoms with van der Waals surface area (Å²) >= 11 is 1.10. The Morgan fingerprint density at radius 3 is 2.73 bits per heavy atom. The van der Waals surface area contributed by atoms with Gasteiger partial charge in [0.05, 0.1) is 9.62 Å². The van der Waals surface area contributed by atoms with Crippen molar-refractivity contribution in [3.8, 4) is 0 Å². The first-order chi connectivity index (χ1) is 10.6. The van der Waals surface area contributed by atoms with Gasteiger partial charge in [0.15, 0.2) is 5.13 Å². The van der Waals surface area contributed by atoms with Crippen LogP contribution in [-0.4, -0.2) is 15.8 Å². The summed E-state index contributed by atoms with van der Waals surface area (Å²) in [5.74, 6) is -1.15. The zero-order chi connectivity index (χ0) is 15.7. The van der Waals surface area contributed by atoms with Crippen molar-refractivity contribution in [2.24, 2.45) is 0 Å². The number of para-hydroxylation sites is 2. The van der Waals surface area contributed by atoms with Crippen LogP contribution in [0.4, 0.5) is 15.2 Å². The van der Waals surface area contributed by atoms with E-state index in [2.05, 4.69) is 10.3 Å². The van der Waals surface area contributed by atoms with Gasteiger partial charge in [-0.2, -0.15) is 0 Å². The van der Waals surface area contributed by atoms with Crippen LogP contribution in [0.1, 0.15) is 10.4 Å². The third-order valence-corrected chi connectivity index (χ3v) is 3.87. The average Bonchev–Trinajstić information content (AvgIpc) is 2.91. The van der Waals surface area contributed by atoms with Crippen LogP contribution in [0.5, 0.6) is 0 Å². The number of carbonyl (C=O) groups is 1. The Morgan fingerprint density at radius 1 is 1.23 bits per heavy atom. The van der Waals surface area contributed by atoms with Gasteiger partial charge in [-0.3, -0.25) is 20.2 Å². The molecule has 1 amide bonds. The highest BCUT2D eigenvalue weighted by Gasteiger charge is 2.20. The molecule has 0 bridgehead atoms. The SMILES string of the molecule is O=C(Nc1nc2c(F)cccc2s1)c1ccccc1[N+](=O)[O-]. The Hall–Kier alpha value is -2.87. The second kappa shape index (κ2) is 5.49. The van der Waals surface area contributed by atoms with Crippen molar-refractivity contribution in [1.82, 2.24) is 4.98 Å². The first kappa shape index (κ1) is 14.1. The summed E-state index contributed by atoms with van der Waals surface area (Å²) in [7, 11) is 0. The largest absolute Gasteiger partial charge is 0.298 e. The first-order valence-electron chi connectivity index (χ1n) is 6.16. The quantitative estimate of drug-likeness (QED) is 0.591. The first-order valence-corrected chi connectivity index (χ1v) is 6.98. The molecule has 6 nitrogen and oxygen atoms in total. The van der Waals surface area contributed by atoms with Crippen molar-refractivity contribution in [1.29, 1.82) is 0 Å². The number of hydrogen-bond acceptors (Lipinski definition) is 5. The number of nitrogens with one attached hydrogen (secondary N) is 1. The van der Waals surface area contributed by atoms with Gasteiger partial charge in [-0.15, -0.1) is 0 Å². The molecular weight excluding hydrogens is 309 g/mol. The summed E-state index contributed by atoms with van der Waals surface area (Å²) in [5.41, 5.74) is -0.218. The Bertz CT molecular complexity index is 894. The molecule has 1 aromatic heterocycles. The van der Waals surface area contributed by atoms with Gasteiger partial charge in [-0.25, -0.2) is 9.37 Å². The highest BCUT2D eigenvalue weighted by atomic mass is 32.1. The van der Waals surface area contributed by atoms with Crippen LogP contribution in [0.25, 0.3) is 10.2 Å². The molecular formula is C14H8FN3O3S. The van der Waals surface area contributed by atoms with Gasteiger partial charge in [-0.1, -0.05) is 29.5 Å². The summed E-state index contributed by atoms with van der Waals surface area (Å²) in [6.07, 6.45) is 0. The zero-order valence-electron chi connectivity index (χ0n) is 10.9. The van der Waals surface area contributed by atoms with Crippen LogP contribution < -0.4 is 5.32 Å². The Morgan fingerprint density at radius 2 is 2.00 bits per heavy atom. The number of nitrogens with zero attached hydrogens (tertiary/aromatic N) is 2. The fourth-order valence-corrected chi connectivity index (χ4v) is 2.83. The summed E-state index contributed by atoms with van der Waals surface area (Å²) in [6.45, 7) is 0. The third-order valence-electron chi connectivity index (χ3n) is 2.94. The average molecular weight is 317 g/mol. The molecule has 8 heteroatoms. The lowest BCUT2D eigenvalue weighted by Gasteiger charge is -2.02. The Kier molecular flexibility index (Phi) is 3.51. The van der Waals surface area contributed by atoms with E-state index in [1.165, 1.54) is 30.3 Å². The van der Waals surface area contributed by atoms with Gasteiger partial charge in [0.25, 0.3) is 11.6 Å². The van der Waals surface area contributed by atoms with Crippen LogP contribution in [-0.2, 0) is 0 Å². The molecule has 0 radical (unpaired) electrons. The van der Waals surface area contributed by atoms with Crippen LogP contribution in [0, 0.1) is 15.9 Å². The van der Waals surface area contributed by atoms with Crippen molar-refractivity contribution in [3.63, 3.8) is 0 Å². The van der Waals surface area contributed by atoms with E-state index in [0.717, 1.165) is 11.3 Å². The number of fused-ring (bicyclic) bond motifs is 1. The minimum Gasteiger partial charge on any atom is -0.298 e. The minimum atomic E-state index is -0.660. The molecule has 0 unspecified atom stereocenters. The molecule has 3 aromatic rings. The number of amides is 1. The lowest BCUT2D eigenvalue weighted by atomic mass is 10.1. The van der Waals surface area contributed by atoms with Gasteiger partial charge < -0.3 is 0 Å².